The fraction of sp³-hybridized carbons (Fsp3) is 0.571. The molecular weight excluding hydrogens is 315 g/mol. The Morgan fingerprint density at radius 1 is 1.33 bits per heavy atom. The van der Waals surface area contributed by atoms with Crippen LogP contribution in [0.5, 0.6) is 0 Å². The molecule has 0 bridgehead atoms. The van der Waals surface area contributed by atoms with Gasteiger partial charge in [0.25, 0.3) is 0 Å². The van der Waals surface area contributed by atoms with Gasteiger partial charge in [-0.1, -0.05) is 37.0 Å². The number of pyridine rings is 1. The fourth-order valence-electron chi connectivity index (χ4n) is 1.51. The molecule has 0 unspecified atom stereocenters. The number of carbonyl (C=O) groups is 1. The topological polar surface area (TPSA) is 74.4 Å². The van der Waals surface area contributed by atoms with Gasteiger partial charge in [-0.25, -0.2) is 4.98 Å². The molecule has 0 aliphatic carbocycles. The van der Waals surface area contributed by atoms with Crippen LogP contribution in [0.15, 0.2) is 12.1 Å². The lowest BCUT2D eigenvalue weighted by Crippen LogP contribution is -2.33. The first-order valence-corrected chi connectivity index (χ1v) is 7.46. The number of halogens is 2. The average molecular weight is 335 g/mol. The van der Waals surface area contributed by atoms with E-state index in [1.807, 2.05) is 0 Å². The largest absolute Gasteiger partial charge is 0.460 e. The number of nitrogens with two attached hydrogens (primary N) is 1. The third kappa shape index (κ3) is 7.62. The summed E-state index contributed by atoms with van der Waals surface area (Å²) in [6.45, 7) is 5.25. The van der Waals surface area contributed by atoms with E-state index >= 15 is 0 Å². The van der Waals surface area contributed by atoms with Gasteiger partial charge in [-0.05, 0) is 30.0 Å². The van der Waals surface area contributed by atoms with Crippen molar-refractivity contribution in [2.75, 3.05) is 13.2 Å². The summed E-state index contributed by atoms with van der Waals surface area (Å²) >= 11 is 11.5. The van der Waals surface area contributed by atoms with E-state index in [-0.39, 0.29) is 16.9 Å². The predicted octanol–water partition coefficient (Wildman–Crippen LogP) is 2.82. The van der Waals surface area contributed by atoms with Crippen LogP contribution in [0.1, 0.15) is 25.8 Å². The highest BCUT2D eigenvalue weighted by Crippen LogP contribution is 2.15. The molecule has 1 atom stereocenters. The second-order valence-corrected chi connectivity index (χ2v) is 5.87. The molecule has 0 fully saturated rings. The van der Waals surface area contributed by atoms with E-state index in [2.05, 4.69) is 18.8 Å². The van der Waals surface area contributed by atoms with Crippen LogP contribution in [0.2, 0.25) is 10.3 Å². The van der Waals surface area contributed by atoms with Crippen LogP contribution in [0.4, 0.5) is 0 Å². The molecule has 1 heterocycles. The van der Waals surface area contributed by atoms with Crippen LogP contribution < -0.4 is 5.73 Å². The summed E-state index contributed by atoms with van der Waals surface area (Å²) in [7, 11) is 0. The van der Waals surface area contributed by atoms with Gasteiger partial charge in [0.1, 0.15) is 23.0 Å². The van der Waals surface area contributed by atoms with Gasteiger partial charge in [-0.3, -0.25) is 4.79 Å². The Labute approximate surface area is 134 Å². The van der Waals surface area contributed by atoms with Gasteiger partial charge in [0.2, 0.25) is 0 Å². The number of rotatable bonds is 8. The Kier molecular flexibility index (Phi) is 7.96. The highest BCUT2D eigenvalue weighted by molar-refractivity contribution is 6.32. The predicted molar refractivity (Wildman–Crippen MR) is 82.3 cm³/mol. The van der Waals surface area contributed by atoms with Crippen molar-refractivity contribution in [3.05, 3.63) is 28.0 Å². The molecule has 1 rings (SSSR count). The summed E-state index contributed by atoms with van der Waals surface area (Å²) in [5.41, 5.74) is 6.40. The third-order valence-corrected chi connectivity index (χ3v) is 2.92. The van der Waals surface area contributed by atoms with Crippen LogP contribution in [0.25, 0.3) is 0 Å². The van der Waals surface area contributed by atoms with Gasteiger partial charge in [0.05, 0.1) is 0 Å². The zero-order valence-electron chi connectivity index (χ0n) is 12.1. The van der Waals surface area contributed by atoms with Crippen molar-refractivity contribution >= 4 is 29.2 Å². The highest BCUT2D eigenvalue weighted by Gasteiger charge is 2.15. The first-order chi connectivity index (χ1) is 9.88. The molecule has 0 spiro atoms. The number of ether oxygens (including phenoxy) is 2. The van der Waals surface area contributed by atoms with Crippen molar-refractivity contribution in [2.45, 2.75) is 32.9 Å². The summed E-state index contributed by atoms with van der Waals surface area (Å²) in [5, 5.41) is 0.500. The Morgan fingerprint density at radius 2 is 1.95 bits per heavy atom. The summed E-state index contributed by atoms with van der Waals surface area (Å²) in [6.07, 6.45) is 0.420. The van der Waals surface area contributed by atoms with E-state index in [9.17, 15) is 4.79 Å². The molecule has 0 saturated carbocycles. The zero-order chi connectivity index (χ0) is 15.8. The van der Waals surface area contributed by atoms with E-state index in [1.54, 1.807) is 12.1 Å². The Morgan fingerprint density at radius 3 is 2.52 bits per heavy atom. The quantitative estimate of drug-likeness (QED) is 0.449. The van der Waals surface area contributed by atoms with Crippen molar-refractivity contribution in [1.29, 1.82) is 0 Å². The van der Waals surface area contributed by atoms with Gasteiger partial charge in [-0.2, -0.15) is 0 Å². The normalized spacial score (nSPS) is 12.5. The molecule has 5 nitrogen and oxygen atoms in total. The number of hydrogen-bond acceptors (Lipinski definition) is 5. The summed E-state index contributed by atoms with van der Waals surface area (Å²) in [4.78, 5) is 15.5. The number of carbonyl (C=O) groups excluding carboxylic acids is 1. The molecule has 1 aromatic heterocycles. The second kappa shape index (κ2) is 9.20. The Hall–Kier alpha value is -0.880. The summed E-state index contributed by atoms with van der Waals surface area (Å²) in [6, 6.07) is 2.46. The van der Waals surface area contributed by atoms with E-state index < -0.39 is 12.0 Å². The van der Waals surface area contributed by atoms with Crippen molar-refractivity contribution in [3.8, 4) is 0 Å². The van der Waals surface area contributed by atoms with Crippen molar-refractivity contribution in [3.63, 3.8) is 0 Å². The van der Waals surface area contributed by atoms with Gasteiger partial charge in [0, 0.05) is 13.2 Å². The maximum Gasteiger partial charge on any atom is 0.323 e. The van der Waals surface area contributed by atoms with Crippen LogP contribution in [0, 0.1) is 5.92 Å². The first kappa shape index (κ1) is 18.2. The molecule has 21 heavy (non-hydrogen) atoms. The van der Waals surface area contributed by atoms with Crippen LogP contribution >= 0.6 is 23.2 Å². The minimum Gasteiger partial charge on any atom is -0.460 e. The molecule has 0 radical (unpaired) electrons. The summed E-state index contributed by atoms with van der Waals surface area (Å²) in [5.74, 6) is -0.0263. The lowest BCUT2D eigenvalue weighted by atomic mass is 10.2. The molecule has 0 aliphatic rings. The molecule has 118 valence electrons. The lowest BCUT2D eigenvalue weighted by Gasteiger charge is -2.12. The first-order valence-electron chi connectivity index (χ1n) is 6.70. The molecule has 7 heteroatoms. The minimum atomic E-state index is -0.704. The van der Waals surface area contributed by atoms with Gasteiger partial charge >= 0.3 is 5.97 Å². The molecular formula is C14H20Cl2N2O3. The Balaban J connectivity index is 2.32. The third-order valence-electron chi connectivity index (χ3n) is 2.53. The SMILES string of the molecule is CC(C)COCC[C@H](N)C(=O)OCc1cc(Cl)nc(Cl)c1. The molecule has 0 saturated heterocycles. The monoisotopic (exact) mass is 334 g/mol. The molecule has 0 amide bonds. The second-order valence-electron chi connectivity index (χ2n) is 5.09. The highest BCUT2D eigenvalue weighted by atomic mass is 35.5. The van der Waals surface area contributed by atoms with E-state index in [0.717, 1.165) is 0 Å². The van der Waals surface area contributed by atoms with E-state index in [0.29, 0.717) is 31.1 Å². The average Bonchev–Trinajstić information content (AvgIpc) is 2.39. The fourth-order valence-corrected chi connectivity index (χ4v) is 2.01. The van der Waals surface area contributed by atoms with Gasteiger partial charge < -0.3 is 15.2 Å². The van der Waals surface area contributed by atoms with E-state index in [4.69, 9.17) is 38.4 Å². The van der Waals surface area contributed by atoms with Crippen molar-refractivity contribution in [2.24, 2.45) is 11.7 Å². The smallest absolute Gasteiger partial charge is 0.323 e. The molecule has 0 aromatic carbocycles. The maximum absolute atomic E-state index is 11.7. The maximum atomic E-state index is 11.7. The number of nitrogens with zero attached hydrogens (tertiary/aromatic N) is 1. The molecule has 0 aliphatic heterocycles. The minimum absolute atomic E-state index is 0.0569. The lowest BCUT2D eigenvalue weighted by molar-refractivity contribution is -0.147. The Bertz CT molecular complexity index is 449. The van der Waals surface area contributed by atoms with E-state index in [1.165, 1.54) is 0 Å². The molecule has 1 aromatic rings. The number of aromatic nitrogens is 1. The van der Waals surface area contributed by atoms with Gasteiger partial charge in [-0.15, -0.1) is 0 Å². The van der Waals surface area contributed by atoms with Crippen LogP contribution in [0.3, 0.4) is 0 Å². The molecule has 2 N–H and O–H groups in total. The van der Waals surface area contributed by atoms with Crippen molar-refractivity contribution < 1.29 is 14.3 Å². The summed E-state index contributed by atoms with van der Waals surface area (Å²) < 4.78 is 10.5. The van der Waals surface area contributed by atoms with Gasteiger partial charge in [0.15, 0.2) is 0 Å². The van der Waals surface area contributed by atoms with Crippen LogP contribution in [-0.2, 0) is 20.9 Å². The standard InChI is InChI=1S/C14H20Cl2N2O3/c1-9(2)7-20-4-3-11(17)14(19)21-8-10-5-12(15)18-13(16)6-10/h5-6,9,11H,3-4,7-8,17H2,1-2H3/t11-/m0/s1. The van der Waals surface area contributed by atoms with Crippen LogP contribution in [-0.4, -0.2) is 30.2 Å². The van der Waals surface area contributed by atoms with Crippen molar-refractivity contribution in [1.82, 2.24) is 4.98 Å². The number of esters is 1. The zero-order valence-corrected chi connectivity index (χ0v) is 13.7. The number of hydrogen-bond donors (Lipinski definition) is 1.